The molecule has 0 amide bonds. The SMILES string of the molecule is N#CCc1cc(CCl)c2ncccc2c1. The van der Waals surface area contributed by atoms with E-state index in [1.807, 2.05) is 24.3 Å². The molecule has 0 aliphatic carbocycles. The first-order chi connectivity index (χ1) is 7.35. The molecule has 0 aliphatic heterocycles. The van der Waals surface area contributed by atoms with Crippen LogP contribution in [0, 0.1) is 11.3 Å². The van der Waals surface area contributed by atoms with Gasteiger partial charge in [-0.05, 0) is 23.3 Å². The first-order valence-electron chi connectivity index (χ1n) is 4.64. The zero-order valence-corrected chi connectivity index (χ0v) is 8.83. The highest BCUT2D eigenvalue weighted by atomic mass is 35.5. The largest absolute Gasteiger partial charge is 0.256 e. The van der Waals surface area contributed by atoms with Crippen molar-refractivity contribution in [2.24, 2.45) is 0 Å². The zero-order valence-electron chi connectivity index (χ0n) is 8.07. The molecule has 0 saturated carbocycles. The number of rotatable bonds is 2. The maximum absolute atomic E-state index is 8.66. The third-order valence-electron chi connectivity index (χ3n) is 2.27. The van der Waals surface area contributed by atoms with E-state index in [1.54, 1.807) is 6.20 Å². The Morgan fingerprint density at radius 2 is 2.27 bits per heavy atom. The summed E-state index contributed by atoms with van der Waals surface area (Å²) < 4.78 is 0. The number of pyridine rings is 1. The third-order valence-corrected chi connectivity index (χ3v) is 2.56. The van der Waals surface area contributed by atoms with E-state index in [0.29, 0.717) is 12.3 Å². The number of nitrogens with zero attached hydrogens (tertiary/aromatic N) is 2. The summed E-state index contributed by atoms with van der Waals surface area (Å²) >= 11 is 5.86. The van der Waals surface area contributed by atoms with Crippen molar-refractivity contribution in [3.63, 3.8) is 0 Å². The van der Waals surface area contributed by atoms with E-state index in [2.05, 4.69) is 11.1 Å². The molecule has 2 nitrogen and oxygen atoms in total. The highest BCUT2D eigenvalue weighted by Crippen LogP contribution is 2.20. The zero-order chi connectivity index (χ0) is 10.7. The number of alkyl halides is 1. The molecule has 0 radical (unpaired) electrons. The molecule has 2 aromatic rings. The molecule has 1 heterocycles. The molecule has 3 heteroatoms. The molecule has 0 unspecified atom stereocenters. The molecule has 0 fully saturated rings. The molecular formula is C12H9ClN2. The van der Waals surface area contributed by atoms with Gasteiger partial charge in [0.2, 0.25) is 0 Å². The van der Waals surface area contributed by atoms with E-state index in [0.717, 1.165) is 22.0 Å². The van der Waals surface area contributed by atoms with Crippen molar-refractivity contribution in [1.82, 2.24) is 4.98 Å². The molecular weight excluding hydrogens is 208 g/mol. The number of nitriles is 1. The van der Waals surface area contributed by atoms with E-state index >= 15 is 0 Å². The standard InChI is InChI=1S/C12H9ClN2/c13-8-11-7-9(3-4-14)6-10-2-1-5-15-12(10)11/h1-2,5-7H,3,8H2. The topological polar surface area (TPSA) is 36.7 Å². The predicted octanol–water partition coefficient (Wildman–Crippen LogP) is 3.04. The van der Waals surface area contributed by atoms with Gasteiger partial charge in [-0.25, -0.2) is 0 Å². The van der Waals surface area contributed by atoms with Gasteiger partial charge in [0.1, 0.15) is 0 Å². The van der Waals surface area contributed by atoms with Crippen molar-refractivity contribution in [2.45, 2.75) is 12.3 Å². The van der Waals surface area contributed by atoms with Crippen LogP contribution in [0.15, 0.2) is 30.5 Å². The fraction of sp³-hybridized carbons (Fsp3) is 0.167. The van der Waals surface area contributed by atoms with Crippen LogP contribution in [0.1, 0.15) is 11.1 Å². The van der Waals surface area contributed by atoms with Crippen LogP contribution in [0.2, 0.25) is 0 Å². The van der Waals surface area contributed by atoms with Crippen LogP contribution in [0.25, 0.3) is 10.9 Å². The van der Waals surface area contributed by atoms with Crippen molar-refractivity contribution in [3.8, 4) is 6.07 Å². The average Bonchev–Trinajstić information content (AvgIpc) is 2.28. The Balaban J connectivity index is 2.67. The van der Waals surface area contributed by atoms with Crippen LogP contribution in [0.5, 0.6) is 0 Å². The summed E-state index contributed by atoms with van der Waals surface area (Å²) in [6.07, 6.45) is 2.16. The Labute approximate surface area is 93.1 Å². The third kappa shape index (κ3) is 1.93. The van der Waals surface area contributed by atoms with Gasteiger partial charge >= 0.3 is 0 Å². The number of hydrogen-bond donors (Lipinski definition) is 0. The van der Waals surface area contributed by atoms with Gasteiger partial charge < -0.3 is 0 Å². The van der Waals surface area contributed by atoms with Crippen LogP contribution >= 0.6 is 11.6 Å². The summed E-state index contributed by atoms with van der Waals surface area (Å²) in [5.74, 6) is 0.423. The van der Waals surface area contributed by atoms with Gasteiger partial charge in [0.25, 0.3) is 0 Å². The molecule has 0 N–H and O–H groups in total. The molecule has 0 spiro atoms. The maximum Gasteiger partial charge on any atom is 0.0746 e. The quantitative estimate of drug-likeness (QED) is 0.724. The van der Waals surface area contributed by atoms with Gasteiger partial charge in [-0.2, -0.15) is 5.26 Å². The number of hydrogen-bond acceptors (Lipinski definition) is 2. The first kappa shape index (κ1) is 9.95. The summed E-state index contributed by atoms with van der Waals surface area (Å²) in [6, 6.07) is 9.94. The second kappa shape index (κ2) is 4.29. The normalized spacial score (nSPS) is 10.1. The minimum absolute atomic E-state index is 0.411. The average molecular weight is 217 g/mol. The lowest BCUT2D eigenvalue weighted by molar-refractivity contribution is 1.24. The van der Waals surface area contributed by atoms with Crippen molar-refractivity contribution < 1.29 is 0 Å². The minimum atomic E-state index is 0.411. The highest BCUT2D eigenvalue weighted by molar-refractivity contribution is 6.17. The first-order valence-corrected chi connectivity index (χ1v) is 5.18. The monoisotopic (exact) mass is 216 g/mol. The minimum Gasteiger partial charge on any atom is -0.256 e. The maximum atomic E-state index is 8.66. The van der Waals surface area contributed by atoms with E-state index in [-0.39, 0.29) is 0 Å². The van der Waals surface area contributed by atoms with Crippen LogP contribution in [0.3, 0.4) is 0 Å². The Kier molecular flexibility index (Phi) is 2.84. The van der Waals surface area contributed by atoms with Crippen molar-refractivity contribution in [2.75, 3.05) is 0 Å². The van der Waals surface area contributed by atoms with E-state index in [9.17, 15) is 0 Å². The Hall–Kier alpha value is -1.59. The van der Waals surface area contributed by atoms with Gasteiger partial charge in [-0.15, -0.1) is 11.6 Å². The highest BCUT2D eigenvalue weighted by Gasteiger charge is 2.03. The van der Waals surface area contributed by atoms with Crippen molar-refractivity contribution >= 4 is 22.5 Å². The Morgan fingerprint density at radius 3 is 3.00 bits per heavy atom. The van der Waals surface area contributed by atoms with E-state index < -0.39 is 0 Å². The van der Waals surface area contributed by atoms with E-state index in [1.165, 1.54) is 0 Å². The van der Waals surface area contributed by atoms with Crippen LogP contribution in [-0.2, 0) is 12.3 Å². The van der Waals surface area contributed by atoms with Crippen molar-refractivity contribution in [3.05, 3.63) is 41.6 Å². The summed E-state index contributed by atoms with van der Waals surface area (Å²) in [7, 11) is 0. The van der Waals surface area contributed by atoms with Crippen LogP contribution in [-0.4, -0.2) is 4.98 Å². The van der Waals surface area contributed by atoms with Crippen LogP contribution in [0.4, 0.5) is 0 Å². The number of halogens is 1. The number of fused-ring (bicyclic) bond motifs is 1. The molecule has 0 atom stereocenters. The lowest BCUT2D eigenvalue weighted by Gasteiger charge is -2.04. The smallest absolute Gasteiger partial charge is 0.0746 e. The van der Waals surface area contributed by atoms with Gasteiger partial charge in [0.05, 0.1) is 18.0 Å². The summed E-state index contributed by atoms with van der Waals surface area (Å²) in [4.78, 5) is 4.29. The fourth-order valence-corrected chi connectivity index (χ4v) is 1.84. The molecule has 1 aromatic carbocycles. The van der Waals surface area contributed by atoms with Gasteiger partial charge in [0.15, 0.2) is 0 Å². The summed E-state index contributed by atoms with van der Waals surface area (Å²) in [5.41, 5.74) is 2.91. The molecule has 74 valence electrons. The van der Waals surface area contributed by atoms with Gasteiger partial charge in [-0.3, -0.25) is 4.98 Å². The van der Waals surface area contributed by atoms with Crippen molar-refractivity contribution in [1.29, 1.82) is 5.26 Å². The molecule has 0 aliphatic rings. The fourth-order valence-electron chi connectivity index (χ4n) is 1.63. The lowest BCUT2D eigenvalue weighted by atomic mass is 10.0. The number of benzene rings is 1. The summed E-state index contributed by atoms with van der Waals surface area (Å²) in [6.45, 7) is 0. The van der Waals surface area contributed by atoms with Gasteiger partial charge in [0, 0.05) is 17.5 Å². The predicted molar refractivity (Wildman–Crippen MR) is 60.6 cm³/mol. The molecule has 1 aromatic heterocycles. The van der Waals surface area contributed by atoms with Crippen LogP contribution < -0.4 is 0 Å². The molecule has 0 saturated heterocycles. The molecule has 15 heavy (non-hydrogen) atoms. The Bertz CT molecular complexity index is 529. The second-order valence-electron chi connectivity index (χ2n) is 3.30. The van der Waals surface area contributed by atoms with Gasteiger partial charge in [-0.1, -0.05) is 12.1 Å². The van der Waals surface area contributed by atoms with E-state index in [4.69, 9.17) is 16.9 Å². The molecule has 2 rings (SSSR count). The molecule has 0 bridgehead atoms. The lowest BCUT2D eigenvalue weighted by Crippen LogP contribution is -1.90. The second-order valence-corrected chi connectivity index (χ2v) is 3.57. The Morgan fingerprint density at radius 1 is 1.40 bits per heavy atom. The summed E-state index contributed by atoms with van der Waals surface area (Å²) in [5, 5.41) is 9.70. The number of aromatic nitrogens is 1.